The largest absolute Gasteiger partial charge is 0.478 e. The normalized spacial score (nSPS) is 12.9. The van der Waals surface area contributed by atoms with Crippen molar-refractivity contribution in [2.75, 3.05) is 11.9 Å². The van der Waals surface area contributed by atoms with Crippen molar-refractivity contribution < 1.29 is 28.6 Å². The molecule has 3 N–H and O–H groups in total. The van der Waals surface area contributed by atoms with E-state index < -0.39 is 29.8 Å². The molecule has 1 aliphatic rings. The first-order chi connectivity index (χ1) is 16.9. The third-order valence-corrected chi connectivity index (χ3v) is 6.02. The molecule has 2 amide bonds. The van der Waals surface area contributed by atoms with E-state index in [1.807, 2.05) is 43.3 Å². The highest BCUT2D eigenvalue weighted by Gasteiger charge is 2.29. The second-order valence-corrected chi connectivity index (χ2v) is 8.36. The number of aromatic carboxylic acids is 1. The van der Waals surface area contributed by atoms with E-state index in [0.29, 0.717) is 6.42 Å². The van der Waals surface area contributed by atoms with Crippen molar-refractivity contribution >= 4 is 23.7 Å². The lowest BCUT2D eigenvalue weighted by Gasteiger charge is -2.19. The number of halogens is 1. The van der Waals surface area contributed by atoms with Crippen molar-refractivity contribution in [3.63, 3.8) is 0 Å². The number of hydrogen-bond acceptors (Lipinski definition) is 4. The van der Waals surface area contributed by atoms with Crippen molar-refractivity contribution in [1.29, 1.82) is 0 Å². The van der Waals surface area contributed by atoms with Crippen LogP contribution in [0.2, 0.25) is 0 Å². The van der Waals surface area contributed by atoms with Crippen molar-refractivity contribution in [2.45, 2.75) is 31.7 Å². The first kappa shape index (κ1) is 23.9. The molecule has 0 radical (unpaired) electrons. The van der Waals surface area contributed by atoms with Gasteiger partial charge in [-0.1, -0.05) is 55.5 Å². The number of alkyl carbamates (subject to hydrolysis) is 1. The van der Waals surface area contributed by atoms with Crippen molar-refractivity contribution in [3.8, 4) is 11.1 Å². The number of hydrogen-bond donors (Lipinski definition) is 3. The topological polar surface area (TPSA) is 105 Å². The van der Waals surface area contributed by atoms with Gasteiger partial charge in [0.25, 0.3) is 0 Å². The summed E-state index contributed by atoms with van der Waals surface area (Å²) in [6.07, 6.45) is -0.258. The second kappa shape index (κ2) is 10.4. The van der Waals surface area contributed by atoms with E-state index in [9.17, 15) is 18.8 Å². The Balaban J connectivity index is 1.34. The van der Waals surface area contributed by atoms with Gasteiger partial charge in [-0.15, -0.1) is 0 Å². The number of carbonyl (C=O) groups is 3. The SMILES string of the molecule is CCC(CC(=O)Nc1cc(F)cc(C(=O)O)c1)NC(=O)OCC1c2ccccc2-c2ccccc21. The van der Waals surface area contributed by atoms with Gasteiger partial charge in [-0.05, 0) is 46.9 Å². The van der Waals surface area contributed by atoms with E-state index in [0.717, 1.165) is 34.4 Å². The van der Waals surface area contributed by atoms with Crippen molar-refractivity contribution in [1.82, 2.24) is 5.32 Å². The molecule has 0 spiro atoms. The standard InChI is InChI=1S/C27H25FN2O5/c1-2-18(14-25(31)29-19-12-16(26(32)33)11-17(28)13-19)30-27(34)35-15-24-22-9-5-3-7-20(22)21-8-4-6-10-23(21)24/h3-13,18,24H,2,14-15H2,1H3,(H,29,31)(H,30,34)(H,32,33). The Bertz CT molecular complexity index is 1230. The Kier molecular flexibility index (Phi) is 7.10. The van der Waals surface area contributed by atoms with Crippen LogP contribution < -0.4 is 10.6 Å². The van der Waals surface area contributed by atoms with Crippen LogP contribution in [0.15, 0.2) is 66.7 Å². The zero-order chi connectivity index (χ0) is 24.9. The fourth-order valence-electron chi connectivity index (χ4n) is 4.33. The monoisotopic (exact) mass is 476 g/mol. The van der Waals surface area contributed by atoms with Gasteiger partial charge >= 0.3 is 12.1 Å². The Morgan fingerprint density at radius 1 is 1.00 bits per heavy atom. The molecule has 180 valence electrons. The number of anilines is 1. The minimum atomic E-state index is -1.30. The molecule has 4 rings (SSSR count). The first-order valence-corrected chi connectivity index (χ1v) is 11.3. The summed E-state index contributed by atoms with van der Waals surface area (Å²) in [5.74, 6) is -2.64. The van der Waals surface area contributed by atoms with Gasteiger partial charge in [0.05, 0.1) is 5.56 Å². The smallest absolute Gasteiger partial charge is 0.407 e. The van der Waals surface area contributed by atoms with Crippen LogP contribution in [0.3, 0.4) is 0 Å². The predicted molar refractivity (Wildman–Crippen MR) is 129 cm³/mol. The van der Waals surface area contributed by atoms with Crippen LogP contribution in [0.4, 0.5) is 14.9 Å². The molecular weight excluding hydrogens is 451 g/mol. The number of rotatable bonds is 8. The number of carboxylic acid groups (broad SMARTS) is 1. The van der Waals surface area contributed by atoms with Gasteiger partial charge < -0.3 is 20.5 Å². The van der Waals surface area contributed by atoms with Gasteiger partial charge in [0.2, 0.25) is 5.91 Å². The van der Waals surface area contributed by atoms with Gasteiger partial charge in [-0.2, -0.15) is 0 Å². The van der Waals surface area contributed by atoms with Crippen LogP contribution in [0.25, 0.3) is 11.1 Å². The lowest BCUT2D eigenvalue weighted by Crippen LogP contribution is -2.38. The van der Waals surface area contributed by atoms with Crippen LogP contribution >= 0.6 is 0 Å². The number of fused-ring (bicyclic) bond motifs is 3. The Morgan fingerprint density at radius 2 is 1.63 bits per heavy atom. The fourth-order valence-corrected chi connectivity index (χ4v) is 4.33. The lowest BCUT2D eigenvalue weighted by molar-refractivity contribution is -0.116. The van der Waals surface area contributed by atoms with E-state index >= 15 is 0 Å². The van der Waals surface area contributed by atoms with Gasteiger partial charge in [-0.25, -0.2) is 14.0 Å². The molecular formula is C27H25FN2O5. The maximum absolute atomic E-state index is 13.6. The number of amides is 2. The number of ether oxygens (including phenoxy) is 1. The molecule has 8 heteroatoms. The fraction of sp³-hybridized carbons (Fsp3) is 0.222. The molecule has 0 saturated heterocycles. The van der Waals surface area contributed by atoms with Gasteiger partial charge in [-0.3, -0.25) is 4.79 Å². The summed E-state index contributed by atoms with van der Waals surface area (Å²) in [5.41, 5.74) is 4.22. The highest BCUT2D eigenvalue weighted by Crippen LogP contribution is 2.44. The summed E-state index contributed by atoms with van der Waals surface area (Å²) in [6, 6.07) is 18.6. The number of nitrogens with one attached hydrogen (secondary N) is 2. The van der Waals surface area contributed by atoms with E-state index in [1.165, 1.54) is 6.07 Å². The van der Waals surface area contributed by atoms with E-state index in [-0.39, 0.29) is 30.2 Å². The van der Waals surface area contributed by atoms with Crippen molar-refractivity contribution in [2.24, 2.45) is 0 Å². The Morgan fingerprint density at radius 3 is 2.23 bits per heavy atom. The summed E-state index contributed by atoms with van der Waals surface area (Å²) >= 11 is 0. The molecule has 3 aromatic rings. The molecule has 0 heterocycles. The van der Waals surface area contributed by atoms with Crippen LogP contribution in [-0.4, -0.2) is 35.7 Å². The molecule has 0 aromatic heterocycles. The first-order valence-electron chi connectivity index (χ1n) is 11.3. The minimum Gasteiger partial charge on any atom is -0.478 e. The van der Waals surface area contributed by atoms with Gasteiger partial charge in [0.1, 0.15) is 12.4 Å². The summed E-state index contributed by atoms with van der Waals surface area (Å²) < 4.78 is 19.2. The average Bonchev–Trinajstić information content (AvgIpc) is 3.15. The Labute approximate surface area is 201 Å². The predicted octanol–water partition coefficient (Wildman–Crippen LogP) is 5.17. The summed E-state index contributed by atoms with van der Waals surface area (Å²) in [4.78, 5) is 36.0. The summed E-state index contributed by atoms with van der Waals surface area (Å²) in [7, 11) is 0. The Hall–Kier alpha value is -4.20. The van der Waals surface area contributed by atoms with Crippen LogP contribution in [0.1, 0.15) is 47.2 Å². The zero-order valence-electron chi connectivity index (χ0n) is 19.1. The molecule has 1 atom stereocenters. The van der Waals surface area contributed by atoms with Gasteiger partial charge in [0, 0.05) is 24.1 Å². The highest BCUT2D eigenvalue weighted by molar-refractivity contribution is 5.94. The third-order valence-electron chi connectivity index (χ3n) is 6.02. The van der Waals surface area contributed by atoms with Crippen LogP contribution in [0, 0.1) is 5.82 Å². The maximum atomic E-state index is 13.6. The maximum Gasteiger partial charge on any atom is 0.407 e. The minimum absolute atomic E-state index is 0.0309. The van der Waals surface area contributed by atoms with Crippen molar-refractivity contribution in [3.05, 3.63) is 89.2 Å². The third kappa shape index (κ3) is 5.48. The summed E-state index contributed by atoms with van der Waals surface area (Å²) in [5, 5.41) is 14.2. The van der Waals surface area contributed by atoms with Crippen LogP contribution in [0.5, 0.6) is 0 Å². The summed E-state index contributed by atoms with van der Waals surface area (Å²) in [6.45, 7) is 1.97. The molecule has 0 bridgehead atoms. The lowest BCUT2D eigenvalue weighted by atomic mass is 9.98. The molecule has 1 unspecified atom stereocenters. The second-order valence-electron chi connectivity index (χ2n) is 8.36. The van der Waals surface area contributed by atoms with Gasteiger partial charge in [0.15, 0.2) is 0 Å². The highest BCUT2D eigenvalue weighted by atomic mass is 19.1. The average molecular weight is 477 g/mol. The van der Waals surface area contributed by atoms with E-state index in [4.69, 9.17) is 9.84 Å². The van der Waals surface area contributed by atoms with E-state index in [1.54, 1.807) is 0 Å². The van der Waals surface area contributed by atoms with E-state index in [2.05, 4.69) is 22.8 Å². The zero-order valence-corrected chi connectivity index (χ0v) is 19.1. The quantitative estimate of drug-likeness (QED) is 0.416. The molecule has 1 aliphatic carbocycles. The number of benzene rings is 3. The number of carboxylic acids is 1. The molecule has 7 nitrogen and oxygen atoms in total. The van der Waals surface area contributed by atoms with Crippen LogP contribution in [-0.2, 0) is 9.53 Å². The number of carbonyl (C=O) groups excluding carboxylic acids is 2. The molecule has 3 aromatic carbocycles. The molecule has 35 heavy (non-hydrogen) atoms. The molecule has 0 aliphatic heterocycles. The molecule has 0 saturated carbocycles. The molecule has 0 fully saturated rings.